The highest BCUT2D eigenvalue weighted by atomic mass is 35.5. The molecule has 1 aliphatic heterocycles. The van der Waals surface area contributed by atoms with Crippen LogP contribution in [0.25, 0.3) is 21.3 Å². The standard InChI is InChI=1S/C47H49ClF3N13O7S/c1-25-40(72-24-53-25)27-8-6-26(7-9-27)17-52-42(67)38-14-31(65)22-62(38)43(68)41(47(2,3)4)55-39(66)23-71-11-10-61-20-30(57-59-61)21-64-45(69)56-44(54-37-13-29-18-60(5)58-36(29)15-32(37)48)63(46(64)70)19-28-12-34(50)35(51)16-33(28)49/h6-9,12-13,15-16,18,20,24,31,38,41,65H,10-11,14,17,19,21-23H2,1-5H3,(H,52,67)(H,55,66)(H,54,56,69)/t31?,38?,41-/m1/s1. The first-order valence-electron chi connectivity index (χ1n) is 22.5. The van der Waals surface area contributed by atoms with Crippen molar-refractivity contribution < 1.29 is 37.4 Å². The van der Waals surface area contributed by atoms with Crippen molar-refractivity contribution in [1.82, 2.24) is 59.4 Å². The van der Waals surface area contributed by atoms with Gasteiger partial charge in [-0.05, 0) is 41.7 Å². The van der Waals surface area contributed by atoms with Crippen molar-refractivity contribution in [3.63, 3.8) is 0 Å². The van der Waals surface area contributed by atoms with Crippen LogP contribution in [0.15, 0.2) is 81.0 Å². The summed E-state index contributed by atoms with van der Waals surface area (Å²) in [5.41, 5.74) is 1.77. The van der Waals surface area contributed by atoms with Gasteiger partial charge in [-0.2, -0.15) is 5.10 Å². The molecule has 5 heterocycles. The predicted molar refractivity (Wildman–Crippen MR) is 257 cm³/mol. The Labute approximate surface area is 416 Å². The Morgan fingerprint density at radius 2 is 1.78 bits per heavy atom. The summed E-state index contributed by atoms with van der Waals surface area (Å²) in [7, 11) is 1.70. The Kier molecular flexibility index (Phi) is 15.0. The number of carbonyl (C=O) groups is 3. The molecule has 8 rings (SSSR count). The smallest absolute Gasteiger partial charge is 0.335 e. The minimum absolute atomic E-state index is 0.0245. The minimum atomic E-state index is -1.44. The maximum Gasteiger partial charge on any atom is 0.335 e. The van der Waals surface area contributed by atoms with Crippen molar-refractivity contribution in [2.75, 3.05) is 19.8 Å². The topological polar surface area (TPSA) is 242 Å². The van der Waals surface area contributed by atoms with E-state index in [4.69, 9.17) is 16.3 Å². The molecule has 1 fully saturated rings. The quantitative estimate of drug-likeness (QED) is 0.0807. The normalized spacial score (nSPS) is 15.6. The van der Waals surface area contributed by atoms with Gasteiger partial charge in [-0.1, -0.05) is 61.9 Å². The zero-order valence-electron chi connectivity index (χ0n) is 39.5. The molecule has 3 aromatic carbocycles. The largest absolute Gasteiger partial charge is 0.391 e. The van der Waals surface area contributed by atoms with Crippen molar-refractivity contribution >= 4 is 57.2 Å². The number of fused-ring (bicyclic) bond motifs is 1. The predicted octanol–water partition coefficient (Wildman–Crippen LogP) is 3.47. The number of hydrogen-bond donors (Lipinski definition) is 4. The number of likely N-dealkylation sites (tertiary alicyclic amines) is 1. The number of aryl methyl sites for hydroxylation is 2. The van der Waals surface area contributed by atoms with Gasteiger partial charge < -0.3 is 25.4 Å². The fraction of sp³-hybridized carbons (Fsp3) is 0.362. The van der Waals surface area contributed by atoms with E-state index in [0.29, 0.717) is 23.0 Å². The zero-order valence-corrected chi connectivity index (χ0v) is 41.1. The van der Waals surface area contributed by atoms with Crippen molar-refractivity contribution in [3.05, 3.63) is 138 Å². The van der Waals surface area contributed by atoms with Gasteiger partial charge in [-0.25, -0.2) is 42.0 Å². The van der Waals surface area contributed by atoms with E-state index in [1.54, 1.807) is 50.3 Å². The molecule has 7 aromatic rings. The van der Waals surface area contributed by atoms with Crippen LogP contribution in [-0.4, -0.2) is 110 Å². The molecule has 0 bridgehead atoms. The van der Waals surface area contributed by atoms with Crippen molar-refractivity contribution in [3.8, 4) is 10.4 Å². The highest BCUT2D eigenvalue weighted by molar-refractivity contribution is 7.13. The number of β-amino-alcohol motifs (C(OH)–C–C–N with tert-alkyl or cyclic N) is 1. The molecule has 2 unspecified atom stereocenters. The van der Waals surface area contributed by atoms with Crippen LogP contribution in [0, 0.1) is 29.8 Å². The minimum Gasteiger partial charge on any atom is -0.391 e. The number of aliphatic hydroxyl groups is 1. The fourth-order valence-electron chi connectivity index (χ4n) is 8.12. The van der Waals surface area contributed by atoms with E-state index >= 15 is 0 Å². The van der Waals surface area contributed by atoms with Crippen molar-refractivity contribution in [1.29, 1.82) is 0 Å². The second-order valence-electron chi connectivity index (χ2n) is 18.3. The molecule has 4 N–H and O–H groups in total. The van der Waals surface area contributed by atoms with Crippen LogP contribution < -0.4 is 27.6 Å². The number of aromatic amines is 1. The van der Waals surface area contributed by atoms with E-state index in [2.05, 4.69) is 41.0 Å². The van der Waals surface area contributed by atoms with Crippen LogP contribution >= 0.6 is 22.9 Å². The van der Waals surface area contributed by atoms with Gasteiger partial charge in [-0.15, -0.1) is 16.4 Å². The molecule has 20 nitrogen and oxygen atoms in total. The molecular weight excluding hydrogens is 983 g/mol. The lowest BCUT2D eigenvalue weighted by molar-refractivity contribution is -0.144. The van der Waals surface area contributed by atoms with Crippen LogP contribution in [0.4, 0.5) is 18.9 Å². The van der Waals surface area contributed by atoms with E-state index in [1.807, 2.05) is 31.2 Å². The van der Waals surface area contributed by atoms with E-state index in [-0.39, 0.29) is 54.7 Å². The van der Waals surface area contributed by atoms with Crippen LogP contribution in [0.2, 0.25) is 5.02 Å². The Morgan fingerprint density at radius 3 is 2.50 bits per heavy atom. The van der Waals surface area contributed by atoms with Crippen LogP contribution in [-0.2, 0) is 52.3 Å². The molecule has 1 saturated heterocycles. The molecule has 3 amide bonds. The third-order valence-corrected chi connectivity index (χ3v) is 13.1. The summed E-state index contributed by atoms with van der Waals surface area (Å²) in [6.45, 7) is 5.72. The molecule has 3 atom stereocenters. The van der Waals surface area contributed by atoms with Gasteiger partial charge in [0.15, 0.2) is 11.6 Å². The first kappa shape index (κ1) is 51.1. The van der Waals surface area contributed by atoms with Crippen LogP contribution in [0.5, 0.6) is 0 Å². The molecule has 0 spiro atoms. The number of nitrogens with one attached hydrogen (secondary N) is 3. The number of amides is 3. The van der Waals surface area contributed by atoms with Gasteiger partial charge in [0, 0.05) is 49.8 Å². The SMILES string of the molecule is Cc1ncsc1-c1ccc(CNC(=O)C2CC(O)CN2C(=O)[C@@H](NC(=O)COCCn2cc(Cn3c(=O)[nH]/c(=N\c4cc5cn(C)nc5cc4Cl)n(Cc4cc(F)c(F)cc4F)c3=O)nn2)C(C)(C)C)cc1. The van der Waals surface area contributed by atoms with Gasteiger partial charge >= 0.3 is 11.4 Å². The lowest BCUT2D eigenvalue weighted by Crippen LogP contribution is -2.58. The number of rotatable bonds is 16. The number of thiazole rings is 1. The molecule has 378 valence electrons. The summed E-state index contributed by atoms with van der Waals surface area (Å²) in [5.74, 6) is -5.55. The summed E-state index contributed by atoms with van der Waals surface area (Å²) in [6.07, 6.45) is 2.18. The van der Waals surface area contributed by atoms with E-state index in [9.17, 15) is 42.3 Å². The maximum atomic E-state index is 14.9. The molecule has 0 radical (unpaired) electrons. The summed E-state index contributed by atoms with van der Waals surface area (Å²) in [6, 6.07) is 9.67. The van der Waals surface area contributed by atoms with E-state index in [0.717, 1.165) is 30.8 Å². The first-order chi connectivity index (χ1) is 34.2. The highest BCUT2D eigenvalue weighted by Crippen LogP contribution is 2.30. The molecule has 0 saturated carbocycles. The summed E-state index contributed by atoms with van der Waals surface area (Å²) in [5, 5.41) is 29.3. The number of ether oxygens (including phenoxy) is 1. The van der Waals surface area contributed by atoms with Crippen LogP contribution in [0.1, 0.15) is 49.7 Å². The molecule has 1 aliphatic rings. The number of hydrogen-bond acceptors (Lipinski definition) is 13. The third kappa shape index (κ3) is 11.6. The Bertz CT molecular complexity index is 3380. The van der Waals surface area contributed by atoms with Crippen LogP contribution in [0.3, 0.4) is 0 Å². The summed E-state index contributed by atoms with van der Waals surface area (Å²) < 4.78 is 53.2. The monoisotopic (exact) mass is 1030 g/mol. The summed E-state index contributed by atoms with van der Waals surface area (Å²) in [4.78, 5) is 81.9. The Morgan fingerprint density at radius 1 is 1.03 bits per heavy atom. The Hall–Kier alpha value is -7.28. The van der Waals surface area contributed by atoms with Gasteiger partial charge in [-0.3, -0.25) is 28.6 Å². The van der Waals surface area contributed by atoms with Gasteiger partial charge in [0.2, 0.25) is 23.3 Å². The second kappa shape index (κ2) is 21.2. The summed E-state index contributed by atoms with van der Waals surface area (Å²) >= 11 is 8.02. The van der Waals surface area contributed by atoms with Crippen molar-refractivity contribution in [2.45, 2.75) is 78.5 Å². The lowest BCUT2D eigenvalue weighted by atomic mass is 9.85. The van der Waals surface area contributed by atoms with E-state index in [1.165, 1.54) is 33.2 Å². The number of aromatic nitrogens is 9. The average Bonchev–Trinajstić information content (AvgIpc) is 4.14. The zero-order chi connectivity index (χ0) is 51.6. The Balaban J connectivity index is 0.892. The highest BCUT2D eigenvalue weighted by Gasteiger charge is 2.44. The van der Waals surface area contributed by atoms with Gasteiger partial charge in [0.05, 0.1) is 70.9 Å². The molecule has 25 heteroatoms. The molecule has 4 aromatic heterocycles. The van der Waals surface area contributed by atoms with Gasteiger partial charge in [0.1, 0.15) is 30.2 Å². The average molecular weight is 1030 g/mol. The first-order valence-corrected chi connectivity index (χ1v) is 23.7. The number of aliphatic hydroxyl groups excluding tert-OH is 1. The van der Waals surface area contributed by atoms with Gasteiger partial charge in [0.25, 0.3) is 0 Å². The van der Waals surface area contributed by atoms with E-state index < -0.39 is 95.4 Å². The number of nitrogens with zero attached hydrogens (tertiary/aromatic N) is 10. The molecule has 72 heavy (non-hydrogen) atoms. The number of carbonyl (C=O) groups excluding carboxylic acids is 3. The third-order valence-electron chi connectivity index (χ3n) is 11.8. The fourth-order valence-corrected chi connectivity index (χ4v) is 9.14. The second-order valence-corrected chi connectivity index (χ2v) is 19.6. The molecule has 0 aliphatic carbocycles. The lowest BCUT2D eigenvalue weighted by Gasteiger charge is -2.35. The van der Waals surface area contributed by atoms with Crippen molar-refractivity contribution in [2.24, 2.45) is 17.5 Å². The molecular formula is C47H49ClF3N13O7S. The number of halogens is 4. The number of H-pyrrole nitrogens is 1. The maximum absolute atomic E-state index is 14.9. The number of benzene rings is 3.